The number of rotatable bonds is 6. The maximum atomic E-state index is 11.3. The molecule has 90 valence electrons. The third-order valence-electron chi connectivity index (χ3n) is 2.64. The van der Waals surface area contributed by atoms with E-state index in [2.05, 4.69) is 43.4 Å². The largest absolute Gasteiger partial charge is 0.309 e. The molecule has 0 fully saturated rings. The van der Waals surface area contributed by atoms with Crippen molar-refractivity contribution in [3.05, 3.63) is 35.4 Å². The lowest BCUT2D eigenvalue weighted by atomic mass is 10.1. The van der Waals surface area contributed by atoms with E-state index >= 15 is 0 Å². The van der Waals surface area contributed by atoms with Crippen molar-refractivity contribution in [1.82, 2.24) is 5.32 Å². The van der Waals surface area contributed by atoms with Gasteiger partial charge in [-0.25, -0.2) is 0 Å². The molecule has 0 aliphatic heterocycles. The molecule has 0 aromatic heterocycles. The summed E-state index contributed by atoms with van der Waals surface area (Å²) in [6.45, 7) is 7.02. The minimum Gasteiger partial charge on any atom is -0.309 e. The summed E-state index contributed by atoms with van der Waals surface area (Å²) in [5, 5.41) is 3.40. The van der Waals surface area contributed by atoms with Gasteiger partial charge in [-0.1, -0.05) is 36.8 Å². The van der Waals surface area contributed by atoms with E-state index in [1.165, 1.54) is 11.1 Å². The first kappa shape index (κ1) is 13.4. The predicted molar refractivity (Wildman–Crippen MR) is 71.1 cm³/mol. The van der Waals surface area contributed by atoms with E-state index in [1.807, 2.05) is 6.92 Å². The van der Waals surface area contributed by atoms with Crippen molar-refractivity contribution in [3.63, 3.8) is 0 Å². The number of hydrogen-bond donors (Lipinski definition) is 1. The summed E-state index contributed by atoms with van der Waals surface area (Å²) in [6, 6.07) is 8.82. The highest BCUT2D eigenvalue weighted by Crippen LogP contribution is 2.13. The third kappa shape index (κ3) is 4.45. The molecule has 1 N–H and O–H groups in total. The van der Waals surface area contributed by atoms with Crippen molar-refractivity contribution < 1.29 is 4.21 Å². The summed E-state index contributed by atoms with van der Waals surface area (Å²) in [6.07, 6.45) is 0. The molecule has 1 aromatic carbocycles. The Morgan fingerprint density at radius 2 is 2.19 bits per heavy atom. The monoisotopic (exact) mass is 239 g/mol. The molecular formula is C13H21NOS. The molecule has 0 saturated heterocycles. The van der Waals surface area contributed by atoms with Crippen molar-refractivity contribution in [1.29, 1.82) is 0 Å². The Morgan fingerprint density at radius 1 is 1.44 bits per heavy atom. The summed E-state index contributed by atoms with van der Waals surface area (Å²) in [4.78, 5) is 0. The topological polar surface area (TPSA) is 29.1 Å². The smallest absolute Gasteiger partial charge is 0.0360 e. The van der Waals surface area contributed by atoms with Crippen LogP contribution in [0.2, 0.25) is 0 Å². The Kier molecular flexibility index (Phi) is 5.71. The predicted octanol–water partition coefficient (Wildman–Crippen LogP) is 2.41. The van der Waals surface area contributed by atoms with E-state index in [0.29, 0.717) is 6.04 Å². The summed E-state index contributed by atoms with van der Waals surface area (Å²) < 4.78 is 11.3. The lowest BCUT2D eigenvalue weighted by molar-refractivity contribution is 0.596. The third-order valence-corrected chi connectivity index (χ3v) is 3.95. The number of nitrogens with one attached hydrogen (secondary N) is 1. The van der Waals surface area contributed by atoms with Crippen LogP contribution in [0, 0.1) is 6.92 Å². The van der Waals surface area contributed by atoms with Gasteiger partial charge in [0, 0.05) is 34.9 Å². The molecule has 1 rings (SSSR count). The maximum Gasteiger partial charge on any atom is 0.0360 e. The van der Waals surface area contributed by atoms with Crippen LogP contribution in [-0.2, 0) is 10.8 Å². The second-order valence-electron chi connectivity index (χ2n) is 4.02. The Bertz CT molecular complexity index is 352. The average Bonchev–Trinajstić information content (AvgIpc) is 2.28. The van der Waals surface area contributed by atoms with Gasteiger partial charge in [-0.2, -0.15) is 0 Å². The SMILES string of the molecule is CCS(=O)CCNC(C)c1cccc(C)c1. The maximum absolute atomic E-state index is 11.3. The van der Waals surface area contributed by atoms with Gasteiger partial charge in [-0.15, -0.1) is 0 Å². The molecule has 0 aliphatic carbocycles. The molecule has 0 bridgehead atoms. The highest BCUT2D eigenvalue weighted by molar-refractivity contribution is 7.84. The Labute approximate surface area is 101 Å². The minimum atomic E-state index is -0.667. The van der Waals surface area contributed by atoms with Gasteiger partial charge < -0.3 is 5.32 Å². The van der Waals surface area contributed by atoms with Crippen molar-refractivity contribution in [2.75, 3.05) is 18.1 Å². The lowest BCUT2D eigenvalue weighted by Gasteiger charge is -2.14. The second kappa shape index (κ2) is 6.81. The fourth-order valence-electron chi connectivity index (χ4n) is 1.59. The Hall–Kier alpha value is -0.670. The normalized spacial score (nSPS) is 14.7. The summed E-state index contributed by atoms with van der Waals surface area (Å²) in [5.41, 5.74) is 2.57. The molecule has 0 aliphatic rings. The van der Waals surface area contributed by atoms with Crippen LogP contribution in [0.5, 0.6) is 0 Å². The molecule has 1 aromatic rings. The zero-order valence-corrected chi connectivity index (χ0v) is 11.1. The Morgan fingerprint density at radius 3 is 2.81 bits per heavy atom. The molecule has 0 heterocycles. The first-order chi connectivity index (χ1) is 7.63. The zero-order chi connectivity index (χ0) is 12.0. The number of hydrogen-bond acceptors (Lipinski definition) is 2. The van der Waals surface area contributed by atoms with Crippen molar-refractivity contribution in [2.45, 2.75) is 26.8 Å². The molecule has 16 heavy (non-hydrogen) atoms. The molecule has 2 nitrogen and oxygen atoms in total. The lowest BCUT2D eigenvalue weighted by Crippen LogP contribution is -2.24. The van der Waals surface area contributed by atoms with Crippen LogP contribution >= 0.6 is 0 Å². The number of benzene rings is 1. The molecule has 0 spiro atoms. The van der Waals surface area contributed by atoms with Gasteiger partial charge in [0.25, 0.3) is 0 Å². The van der Waals surface area contributed by atoms with E-state index in [9.17, 15) is 4.21 Å². The fourth-order valence-corrected chi connectivity index (χ4v) is 2.23. The van der Waals surface area contributed by atoms with Crippen LogP contribution in [0.4, 0.5) is 0 Å². The van der Waals surface area contributed by atoms with Crippen LogP contribution in [0.3, 0.4) is 0 Å². The Balaban J connectivity index is 2.40. The molecule has 2 unspecified atom stereocenters. The van der Waals surface area contributed by atoms with Gasteiger partial charge in [0.15, 0.2) is 0 Å². The van der Waals surface area contributed by atoms with Gasteiger partial charge in [-0.05, 0) is 19.4 Å². The van der Waals surface area contributed by atoms with E-state index in [0.717, 1.165) is 18.1 Å². The average molecular weight is 239 g/mol. The molecule has 0 radical (unpaired) electrons. The summed E-state index contributed by atoms with van der Waals surface area (Å²) >= 11 is 0. The quantitative estimate of drug-likeness (QED) is 0.826. The molecule has 3 heteroatoms. The van der Waals surface area contributed by atoms with Crippen LogP contribution in [-0.4, -0.2) is 22.3 Å². The molecule has 0 amide bonds. The van der Waals surface area contributed by atoms with Crippen LogP contribution in [0.25, 0.3) is 0 Å². The highest BCUT2D eigenvalue weighted by Gasteiger charge is 2.04. The molecule has 2 atom stereocenters. The van der Waals surface area contributed by atoms with Crippen molar-refractivity contribution in [2.24, 2.45) is 0 Å². The van der Waals surface area contributed by atoms with E-state index in [-0.39, 0.29) is 0 Å². The zero-order valence-electron chi connectivity index (χ0n) is 10.3. The summed E-state index contributed by atoms with van der Waals surface area (Å²) in [7, 11) is -0.667. The standard InChI is InChI=1S/C13H21NOS/c1-4-16(15)9-8-14-12(3)13-7-5-6-11(2)10-13/h5-7,10,12,14H,4,8-9H2,1-3H3. The van der Waals surface area contributed by atoms with Crippen LogP contribution in [0.15, 0.2) is 24.3 Å². The van der Waals surface area contributed by atoms with Crippen molar-refractivity contribution in [3.8, 4) is 0 Å². The van der Waals surface area contributed by atoms with Crippen LogP contribution in [0.1, 0.15) is 31.0 Å². The van der Waals surface area contributed by atoms with E-state index < -0.39 is 10.8 Å². The second-order valence-corrected chi connectivity index (χ2v) is 5.89. The van der Waals surface area contributed by atoms with Gasteiger partial charge >= 0.3 is 0 Å². The first-order valence-corrected chi connectivity index (χ1v) is 7.27. The molecular weight excluding hydrogens is 218 g/mol. The van der Waals surface area contributed by atoms with Crippen molar-refractivity contribution >= 4 is 10.8 Å². The van der Waals surface area contributed by atoms with Gasteiger partial charge in [0.05, 0.1) is 0 Å². The van der Waals surface area contributed by atoms with Gasteiger partial charge in [0.1, 0.15) is 0 Å². The van der Waals surface area contributed by atoms with E-state index in [1.54, 1.807) is 0 Å². The fraction of sp³-hybridized carbons (Fsp3) is 0.538. The van der Waals surface area contributed by atoms with E-state index in [4.69, 9.17) is 0 Å². The molecule has 0 saturated carbocycles. The summed E-state index contributed by atoms with van der Waals surface area (Å²) in [5.74, 6) is 1.49. The van der Waals surface area contributed by atoms with Crippen LogP contribution < -0.4 is 5.32 Å². The van der Waals surface area contributed by atoms with Gasteiger partial charge in [0.2, 0.25) is 0 Å². The first-order valence-electron chi connectivity index (χ1n) is 5.78. The highest BCUT2D eigenvalue weighted by atomic mass is 32.2. The van der Waals surface area contributed by atoms with Gasteiger partial charge in [-0.3, -0.25) is 4.21 Å². The number of aryl methyl sites for hydroxylation is 1. The minimum absolute atomic E-state index is 0.328.